The first kappa shape index (κ1) is 11.8. The van der Waals surface area contributed by atoms with E-state index in [2.05, 4.69) is 0 Å². The fourth-order valence-electron chi connectivity index (χ4n) is 1.17. The maximum Gasteiger partial charge on any atom is 0.492 e. The van der Waals surface area contributed by atoms with Crippen molar-refractivity contribution in [1.82, 2.24) is 0 Å². The zero-order valence-corrected chi connectivity index (χ0v) is 8.64. The predicted molar refractivity (Wildman–Crippen MR) is 55.3 cm³/mol. The van der Waals surface area contributed by atoms with E-state index in [0.29, 0.717) is 5.75 Å². The molecule has 0 atom stereocenters. The van der Waals surface area contributed by atoms with E-state index in [4.69, 9.17) is 24.3 Å². The van der Waals surface area contributed by atoms with E-state index in [9.17, 15) is 0 Å². The van der Waals surface area contributed by atoms with Crippen LogP contribution in [-0.4, -0.2) is 38.2 Å². The average molecular weight is 212 g/mol. The van der Waals surface area contributed by atoms with Crippen LogP contribution in [0.25, 0.3) is 0 Å². The molecule has 1 aromatic carbocycles. The van der Waals surface area contributed by atoms with Crippen molar-refractivity contribution in [3.63, 3.8) is 0 Å². The van der Waals surface area contributed by atoms with Crippen molar-refractivity contribution in [2.75, 3.05) is 21.0 Å². The molecule has 0 spiro atoms. The number of hydrogen-bond donors (Lipinski definition) is 2. The zero-order valence-electron chi connectivity index (χ0n) is 8.64. The van der Waals surface area contributed by atoms with Gasteiger partial charge in [0.25, 0.3) is 0 Å². The monoisotopic (exact) mass is 212 g/mol. The lowest BCUT2D eigenvalue weighted by Gasteiger charge is -2.13. The third kappa shape index (κ3) is 2.85. The summed E-state index contributed by atoms with van der Waals surface area (Å²) in [5, 5.41) is 18.2. The summed E-state index contributed by atoms with van der Waals surface area (Å²) in [7, 11) is 1.35. The second kappa shape index (κ2) is 5.60. The molecule has 0 heterocycles. The van der Waals surface area contributed by atoms with Crippen molar-refractivity contribution in [2.45, 2.75) is 0 Å². The number of para-hydroxylation sites is 1. The van der Waals surface area contributed by atoms with Crippen LogP contribution in [0.3, 0.4) is 0 Å². The van der Waals surface area contributed by atoms with Crippen molar-refractivity contribution >= 4 is 12.6 Å². The minimum atomic E-state index is -1.60. The number of methoxy groups -OCH3 is 2. The quantitative estimate of drug-likeness (QED) is 0.501. The molecule has 0 unspecified atom stereocenters. The summed E-state index contributed by atoms with van der Waals surface area (Å²) in [5.41, 5.74) is 0.242. The second-order valence-electron chi connectivity index (χ2n) is 2.80. The molecule has 0 aliphatic carbocycles. The van der Waals surface area contributed by atoms with E-state index in [1.165, 1.54) is 20.3 Å². The van der Waals surface area contributed by atoms with Crippen LogP contribution < -0.4 is 14.9 Å². The molecule has 0 aliphatic heterocycles. The number of rotatable bonds is 5. The first-order chi connectivity index (χ1) is 7.20. The van der Waals surface area contributed by atoms with Gasteiger partial charge in [-0.25, -0.2) is 0 Å². The molecule has 82 valence electrons. The average Bonchev–Trinajstić information content (AvgIpc) is 2.25. The van der Waals surface area contributed by atoms with Gasteiger partial charge in [0, 0.05) is 12.6 Å². The lowest BCUT2D eigenvalue weighted by Crippen LogP contribution is -2.31. The van der Waals surface area contributed by atoms with E-state index in [1.807, 2.05) is 0 Å². The first-order valence-electron chi connectivity index (χ1n) is 4.35. The van der Waals surface area contributed by atoms with Gasteiger partial charge in [0.05, 0.1) is 7.11 Å². The Morgan fingerprint density at radius 1 is 1.27 bits per heavy atom. The van der Waals surface area contributed by atoms with E-state index in [1.54, 1.807) is 12.1 Å². The van der Waals surface area contributed by atoms with Gasteiger partial charge in [-0.05, 0) is 6.07 Å². The van der Waals surface area contributed by atoms with Gasteiger partial charge in [-0.15, -0.1) is 0 Å². The van der Waals surface area contributed by atoms with Crippen LogP contribution in [-0.2, 0) is 4.74 Å². The van der Waals surface area contributed by atoms with Gasteiger partial charge in [-0.1, -0.05) is 12.1 Å². The van der Waals surface area contributed by atoms with Gasteiger partial charge in [0.15, 0.2) is 18.3 Å². The third-order valence-corrected chi connectivity index (χ3v) is 1.83. The van der Waals surface area contributed by atoms with E-state index >= 15 is 0 Å². The highest BCUT2D eigenvalue weighted by molar-refractivity contribution is 6.59. The SMILES string of the molecule is COCOc1c(OC)cccc1B(O)O. The molecule has 0 bridgehead atoms. The fourth-order valence-corrected chi connectivity index (χ4v) is 1.17. The summed E-state index contributed by atoms with van der Waals surface area (Å²) < 4.78 is 15.0. The standard InChI is InChI=1S/C9H13BO5/c1-13-6-15-9-7(10(11)12)4-3-5-8(9)14-2/h3-5,11-12H,6H2,1-2H3. The smallest absolute Gasteiger partial charge is 0.492 e. The molecule has 5 nitrogen and oxygen atoms in total. The van der Waals surface area contributed by atoms with Crippen LogP contribution >= 0.6 is 0 Å². The second-order valence-corrected chi connectivity index (χ2v) is 2.80. The molecule has 6 heteroatoms. The van der Waals surface area contributed by atoms with Gasteiger partial charge < -0.3 is 24.3 Å². The van der Waals surface area contributed by atoms with E-state index in [-0.39, 0.29) is 18.0 Å². The van der Waals surface area contributed by atoms with Crippen LogP contribution in [0, 0.1) is 0 Å². The lowest BCUT2D eigenvalue weighted by atomic mass is 9.79. The highest BCUT2D eigenvalue weighted by Crippen LogP contribution is 2.24. The summed E-state index contributed by atoms with van der Waals surface area (Å²) in [6.07, 6.45) is 0. The molecule has 2 N–H and O–H groups in total. The molecule has 0 radical (unpaired) electrons. The predicted octanol–water partition coefficient (Wildman–Crippen LogP) is -0.642. The van der Waals surface area contributed by atoms with Crippen LogP contribution in [0.2, 0.25) is 0 Å². The number of ether oxygens (including phenoxy) is 3. The van der Waals surface area contributed by atoms with Crippen molar-refractivity contribution < 1.29 is 24.3 Å². The Balaban J connectivity index is 3.03. The highest BCUT2D eigenvalue weighted by Gasteiger charge is 2.20. The van der Waals surface area contributed by atoms with Crippen molar-refractivity contribution in [3.05, 3.63) is 18.2 Å². The Labute approximate surface area is 88.3 Å². The molecule has 1 aromatic rings. The molecule has 0 aromatic heterocycles. The number of hydrogen-bond acceptors (Lipinski definition) is 5. The topological polar surface area (TPSA) is 68.2 Å². The van der Waals surface area contributed by atoms with Gasteiger partial charge in [-0.2, -0.15) is 0 Å². The third-order valence-electron chi connectivity index (χ3n) is 1.83. The minimum Gasteiger partial charge on any atom is -0.493 e. The minimum absolute atomic E-state index is 0.0140. The highest BCUT2D eigenvalue weighted by atomic mass is 16.7. The Morgan fingerprint density at radius 3 is 2.53 bits per heavy atom. The molecule has 0 fully saturated rings. The lowest BCUT2D eigenvalue weighted by molar-refractivity contribution is 0.0498. The molecule has 1 rings (SSSR count). The Hall–Kier alpha value is -1.24. The summed E-state index contributed by atoms with van der Waals surface area (Å²) in [6.45, 7) is 0.0140. The van der Waals surface area contributed by atoms with Crippen LogP contribution in [0.5, 0.6) is 11.5 Å². The maximum atomic E-state index is 9.10. The summed E-state index contributed by atoms with van der Waals surface area (Å²) in [5.74, 6) is 0.703. The molecule has 0 saturated carbocycles. The van der Waals surface area contributed by atoms with Gasteiger partial charge in [0.2, 0.25) is 0 Å². The molecule has 0 amide bonds. The zero-order chi connectivity index (χ0) is 11.3. The normalized spacial score (nSPS) is 9.87. The van der Waals surface area contributed by atoms with Gasteiger partial charge in [0.1, 0.15) is 0 Å². The fraction of sp³-hybridized carbons (Fsp3) is 0.333. The Kier molecular flexibility index (Phi) is 4.42. The maximum absolute atomic E-state index is 9.10. The van der Waals surface area contributed by atoms with Crippen molar-refractivity contribution in [2.24, 2.45) is 0 Å². The van der Waals surface area contributed by atoms with Crippen LogP contribution in [0.1, 0.15) is 0 Å². The molecular formula is C9H13BO5. The van der Waals surface area contributed by atoms with Gasteiger partial charge >= 0.3 is 7.12 Å². The first-order valence-corrected chi connectivity index (χ1v) is 4.35. The summed E-state index contributed by atoms with van der Waals surface area (Å²) in [6, 6.07) is 4.85. The Bertz CT molecular complexity index is 315. The molecule has 0 saturated heterocycles. The number of benzene rings is 1. The molecule has 0 aliphatic rings. The summed E-state index contributed by atoms with van der Waals surface area (Å²) >= 11 is 0. The van der Waals surface area contributed by atoms with E-state index < -0.39 is 7.12 Å². The van der Waals surface area contributed by atoms with E-state index in [0.717, 1.165) is 0 Å². The van der Waals surface area contributed by atoms with Gasteiger partial charge in [-0.3, -0.25) is 0 Å². The van der Waals surface area contributed by atoms with Crippen molar-refractivity contribution in [1.29, 1.82) is 0 Å². The van der Waals surface area contributed by atoms with Crippen LogP contribution in [0.15, 0.2) is 18.2 Å². The van der Waals surface area contributed by atoms with Crippen molar-refractivity contribution in [3.8, 4) is 11.5 Å². The largest absolute Gasteiger partial charge is 0.493 e. The van der Waals surface area contributed by atoms with Crippen LogP contribution in [0.4, 0.5) is 0 Å². The summed E-state index contributed by atoms with van der Waals surface area (Å²) in [4.78, 5) is 0. The Morgan fingerprint density at radius 2 is 2.00 bits per heavy atom. The molecule has 15 heavy (non-hydrogen) atoms. The molecular weight excluding hydrogens is 199 g/mol.